The molecular formula is C12H8F3N5O. The lowest BCUT2D eigenvalue weighted by Gasteiger charge is -2.10. The van der Waals surface area contributed by atoms with Gasteiger partial charge in [0.1, 0.15) is 25.3 Å². The molecule has 0 radical (unpaired) electrons. The Balaban J connectivity index is 2.17. The van der Waals surface area contributed by atoms with Crippen LogP contribution in [0.25, 0.3) is 0 Å². The molecule has 2 aromatic rings. The fourth-order valence-corrected chi connectivity index (χ4v) is 1.57. The number of carbonyl (C=O) groups is 1. The van der Waals surface area contributed by atoms with E-state index in [1.807, 2.05) is 0 Å². The SMILES string of the molecule is N#Cc1cc(C(F)(F)F)ccc1NC(=O)Cn1cncn1. The second-order valence-corrected chi connectivity index (χ2v) is 4.01. The van der Waals surface area contributed by atoms with Gasteiger partial charge in [-0.25, -0.2) is 9.67 Å². The van der Waals surface area contributed by atoms with Crippen LogP contribution in [0.1, 0.15) is 11.1 Å². The van der Waals surface area contributed by atoms with Gasteiger partial charge in [-0.15, -0.1) is 0 Å². The van der Waals surface area contributed by atoms with Gasteiger partial charge in [0.15, 0.2) is 0 Å². The van der Waals surface area contributed by atoms with Gasteiger partial charge in [0.05, 0.1) is 16.8 Å². The maximum absolute atomic E-state index is 12.5. The Morgan fingerprint density at radius 2 is 2.19 bits per heavy atom. The van der Waals surface area contributed by atoms with Crippen molar-refractivity contribution in [3.8, 4) is 6.07 Å². The Morgan fingerprint density at radius 1 is 1.43 bits per heavy atom. The molecule has 1 N–H and O–H groups in total. The number of rotatable bonds is 3. The summed E-state index contributed by atoms with van der Waals surface area (Å²) < 4.78 is 38.8. The number of amides is 1. The van der Waals surface area contributed by atoms with Gasteiger partial charge in [0, 0.05) is 0 Å². The van der Waals surface area contributed by atoms with E-state index in [0.717, 1.165) is 12.1 Å². The molecule has 1 aromatic carbocycles. The van der Waals surface area contributed by atoms with Gasteiger partial charge in [0.2, 0.25) is 5.91 Å². The van der Waals surface area contributed by atoms with Gasteiger partial charge in [-0.2, -0.15) is 23.5 Å². The normalized spacial score (nSPS) is 11.0. The average molecular weight is 295 g/mol. The lowest BCUT2D eigenvalue weighted by Crippen LogP contribution is -2.19. The number of nitrogens with zero attached hydrogens (tertiary/aromatic N) is 4. The maximum atomic E-state index is 12.5. The minimum absolute atomic E-state index is 0.00983. The summed E-state index contributed by atoms with van der Waals surface area (Å²) in [6.45, 7) is -0.161. The number of carbonyl (C=O) groups excluding carboxylic acids is 1. The van der Waals surface area contributed by atoms with E-state index >= 15 is 0 Å². The lowest BCUT2D eigenvalue weighted by molar-refractivity contribution is -0.137. The molecule has 9 heteroatoms. The first-order valence-electron chi connectivity index (χ1n) is 5.64. The molecule has 0 aliphatic rings. The number of anilines is 1. The summed E-state index contributed by atoms with van der Waals surface area (Å²) in [6, 6.07) is 4.15. The first-order chi connectivity index (χ1) is 9.90. The standard InChI is InChI=1S/C12H8F3N5O/c13-12(14,15)9-1-2-10(8(3-9)4-16)19-11(21)5-20-7-17-6-18-20/h1-3,6-7H,5H2,(H,19,21). The van der Waals surface area contributed by atoms with E-state index < -0.39 is 17.6 Å². The molecule has 108 valence electrons. The number of hydrogen-bond donors (Lipinski definition) is 1. The van der Waals surface area contributed by atoms with Crippen LogP contribution < -0.4 is 5.32 Å². The van der Waals surface area contributed by atoms with Gasteiger partial charge in [-0.05, 0) is 18.2 Å². The third-order valence-electron chi connectivity index (χ3n) is 2.51. The number of benzene rings is 1. The summed E-state index contributed by atoms with van der Waals surface area (Å²) >= 11 is 0. The Hall–Kier alpha value is -2.89. The molecule has 0 saturated heterocycles. The smallest absolute Gasteiger partial charge is 0.323 e. The van der Waals surface area contributed by atoms with Crippen LogP contribution in [0.2, 0.25) is 0 Å². The Kier molecular flexibility index (Phi) is 3.89. The highest BCUT2D eigenvalue weighted by molar-refractivity contribution is 5.91. The summed E-state index contributed by atoms with van der Waals surface area (Å²) in [4.78, 5) is 15.3. The second-order valence-electron chi connectivity index (χ2n) is 4.01. The molecule has 0 fully saturated rings. The van der Waals surface area contributed by atoms with Crippen molar-refractivity contribution in [3.05, 3.63) is 42.0 Å². The van der Waals surface area contributed by atoms with E-state index in [4.69, 9.17) is 5.26 Å². The van der Waals surface area contributed by atoms with Crippen molar-refractivity contribution >= 4 is 11.6 Å². The molecule has 0 atom stereocenters. The van der Waals surface area contributed by atoms with Gasteiger partial charge >= 0.3 is 6.18 Å². The number of hydrogen-bond acceptors (Lipinski definition) is 4. The van der Waals surface area contributed by atoms with Crippen molar-refractivity contribution < 1.29 is 18.0 Å². The third kappa shape index (κ3) is 3.56. The molecule has 0 saturated carbocycles. The topological polar surface area (TPSA) is 83.6 Å². The number of aromatic nitrogens is 3. The summed E-state index contributed by atoms with van der Waals surface area (Å²) in [5, 5.41) is 15.0. The number of nitriles is 1. The molecule has 0 aliphatic heterocycles. The van der Waals surface area contributed by atoms with E-state index in [1.165, 1.54) is 17.3 Å². The minimum Gasteiger partial charge on any atom is -0.323 e. The summed E-state index contributed by atoms with van der Waals surface area (Å²) in [7, 11) is 0. The number of nitrogens with one attached hydrogen (secondary N) is 1. The monoisotopic (exact) mass is 295 g/mol. The van der Waals surface area contributed by atoms with Crippen molar-refractivity contribution in [1.82, 2.24) is 14.8 Å². The highest BCUT2D eigenvalue weighted by Gasteiger charge is 2.31. The summed E-state index contributed by atoms with van der Waals surface area (Å²) in [6.07, 6.45) is -1.99. The van der Waals surface area contributed by atoms with Crippen LogP contribution in [0, 0.1) is 11.3 Å². The average Bonchev–Trinajstić information content (AvgIpc) is 2.90. The van der Waals surface area contributed by atoms with E-state index in [0.29, 0.717) is 6.07 Å². The zero-order valence-corrected chi connectivity index (χ0v) is 10.4. The zero-order chi connectivity index (χ0) is 15.5. The largest absolute Gasteiger partial charge is 0.416 e. The first-order valence-corrected chi connectivity index (χ1v) is 5.64. The van der Waals surface area contributed by atoms with Gasteiger partial charge in [0.25, 0.3) is 0 Å². The van der Waals surface area contributed by atoms with Crippen molar-refractivity contribution in [1.29, 1.82) is 5.26 Å². The maximum Gasteiger partial charge on any atom is 0.416 e. The molecule has 1 amide bonds. The zero-order valence-electron chi connectivity index (χ0n) is 10.4. The fourth-order valence-electron chi connectivity index (χ4n) is 1.57. The second kappa shape index (κ2) is 5.62. The van der Waals surface area contributed by atoms with Crippen LogP contribution in [0.4, 0.5) is 18.9 Å². The molecule has 0 unspecified atom stereocenters. The molecule has 0 bridgehead atoms. The molecule has 6 nitrogen and oxygen atoms in total. The van der Waals surface area contributed by atoms with E-state index in [2.05, 4.69) is 15.4 Å². The lowest BCUT2D eigenvalue weighted by atomic mass is 10.1. The highest BCUT2D eigenvalue weighted by atomic mass is 19.4. The van der Waals surface area contributed by atoms with E-state index in [9.17, 15) is 18.0 Å². The fraction of sp³-hybridized carbons (Fsp3) is 0.167. The Morgan fingerprint density at radius 3 is 2.76 bits per heavy atom. The minimum atomic E-state index is -4.55. The quantitative estimate of drug-likeness (QED) is 0.936. The summed E-state index contributed by atoms with van der Waals surface area (Å²) in [5.74, 6) is -0.531. The van der Waals surface area contributed by atoms with Crippen LogP contribution in [-0.4, -0.2) is 20.7 Å². The van der Waals surface area contributed by atoms with E-state index in [1.54, 1.807) is 6.07 Å². The molecule has 2 rings (SSSR count). The van der Waals surface area contributed by atoms with Crippen LogP contribution >= 0.6 is 0 Å². The molecule has 1 aromatic heterocycles. The predicted molar refractivity (Wildman–Crippen MR) is 64.8 cm³/mol. The van der Waals surface area contributed by atoms with Crippen molar-refractivity contribution in [2.24, 2.45) is 0 Å². The van der Waals surface area contributed by atoms with Gasteiger partial charge < -0.3 is 5.32 Å². The predicted octanol–water partition coefficient (Wildman–Crippen LogP) is 1.81. The van der Waals surface area contributed by atoms with Crippen LogP contribution in [0.3, 0.4) is 0 Å². The number of halogens is 3. The van der Waals surface area contributed by atoms with Crippen molar-refractivity contribution in [2.45, 2.75) is 12.7 Å². The van der Waals surface area contributed by atoms with Crippen LogP contribution in [0.15, 0.2) is 30.9 Å². The van der Waals surface area contributed by atoms with Crippen LogP contribution in [-0.2, 0) is 17.5 Å². The summed E-state index contributed by atoms with van der Waals surface area (Å²) in [5.41, 5.74) is -1.21. The highest BCUT2D eigenvalue weighted by Crippen LogP contribution is 2.31. The van der Waals surface area contributed by atoms with Gasteiger partial charge in [-0.1, -0.05) is 0 Å². The first kappa shape index (κ1) is 14.5. The Bertz CT molecular complexity index is 688. The van der Waals surface area contributed by atoms with Crippen LogP contribution in [0.5, 0.6) is 0 Å². The number of alkyl halides is 3. The molecule has 1 heterocycles. The van der Waals surface area contributed by atoms with Crippen molar-refractivity contribution in [3.63, 3.8) is 0 Å². The van der Waals surface area contributed by atoms with E-state index in [-0.39, 0.29) is 17.8 Å². The van der Waals surface area contributed by atoms with Crippen molar-refractivity contribution in [2.75, 3.05) is 5.32 Å². The Labute approximate surface area is 116 Å². The van der Waals surface area contributed by atoms with Gasteiger partial charge in [-0.3, -0.25) is 4.79 Å². The molecule has 21 heavy (non-hydrogen) atoms. The molecular weight excluding hydrogens is 287 g/mol. The molecule has 0 aliphatic carbocycles. The molecule has 0 spiro atoms. The third-order valence-corrected chi connectivity index (χ3v) is 2.51.